The number of benzene rings is 1. The van der Waals surface area contributed by atoms with Gasteiger partial charge in [0.25, 0.3) is 5.91 Å². The van der Waals surface area contributed by atoms with E-state index >= 15 is 0 Å². The van der Waals surface area contributed by atoms with Gasteiger partial charge in [-0.15, -0.1) is 11.6 Å². The van der Waals surface area contributed by atoms with Crippen molar-refractivity contribution in [2.75, 3.05) is 5.88 Å². The van der Waals surface area contributed by atoms with Crippen LogP contribution in [0.2, 0.25) is 5.02 Å². The Morgan fingerprint density at radius 3 is 2.65 bits per heavy atom. The van der Waals surface area contributed by atoms with Gasteiger partial charge in [0.15, 0.2) is 0 Å². The van der Waals surface area contributed by atoms with E-state index in [9.17, 15) is 9.18 Å². The zero-order valence-electron chi connectivity index (χ0n) is 9.10. The quantitative estimate of drug-likeness (QED) is 0.842. The minimum absolute atomic E-state index is 0.117. The number of nitrogens with one attached hydrogen (secondary N) is 1. The van der Waals surface area contributed by atoms with E-state index in [4.69, 9.17) is 23.2 Å². The lowest BCUT2D eigenvalue weighted by atomic mass is 9.78. The third-order valence-electron chi connectivity index (χ3n) is 3.12. The molecule has 2 nitrogen and oxygen atoms in total. The number of halogens is 3. The van der Waals surface area contributed by atoms with E-state index in [-0.39, 0.29) is 22.0 Å². The molecule has 2 rings (SSSR count). The summed E-state index contributed by atoms with van der Waals surface area (Å²) >= 11 is 11.7. The summed E-state index contributed by atoms with van der Waals surface area (Å²) < 4.78 is 12.9. The van der Waals surface area contributed by atoms with Crippen molar-refractivity contribution in [1.29, 1.82) is 0 Å². The molecule has 0 heterocycles. The number of hydrogen-bond acceptors (Lipinski definition) is 1. The summed E-state index contributed by atoms with van der Waals surface area (Å²) in [6.45, 7) is 0. The van der Waals surface area contributed by atoms with Crippen LogP contribution in [0.15, 0.2) is 18.2 Å². The molecule has 0 saturated heterocycles. The van der Waals surface area contributed by atoms with Crippen LogP contribution in [0.25, 0.3) is 0 Å². The van der Waals surface area contributed by atoms with Crippen molar-refractivity contribution in [3.8, 4) is 0 Å². The maximum absolute atomic E-state index is 12.9. The predicted molar refractivity (Wildman–Crippen MR) is 66.2 cm³/mol. The number of carbonyl (C=O) groups is 1. The molecule has 1 amide bonds. The van der Waals surface area contributed by atoms with Gasteiger partial charge in [0.1, 0.15) is 5.82 Å². The van der Waals surface area contributed by atoms with E-state index in [0.29, 0.717) is 5.88 Å². The molecular weight excluding hydrogens is 264 g/mol. The first kappa shape index (κ1) is 12.7. The second kappa shape index (κ2) is 4.83. The highest BCUT2D eigenvalue weighted by Gasteiger charge is 2.37. The summed E-state index contributed by atoms with van der Waals surface area (Å²) in [6, 6.07) is 3.73. The fraction of sp³-hybridized carbons (Fsp3) is 0.417. The van der Waals surface area contributed by atoms with Crippen LogP contribution >= 0.6 is 23.2 Å². The van der Waals surface area contributed by atoms with E-state index in [1.807, 2.05) is 0 Å². The first-order valence-corrected chi connectivity index (χ1v) is 6.31. The van der Waals surface area contributed by atoms with Crippen LogP contribution in [0.3, 0.4) is 0 Å². The van der Waals surface area contributed by atoms with Crippen molar-refractivity contribution >= 4 is 29.1 Å². The molecule has 1 fully saturated rings. The normalized spacial score (nSPS) is 17.4. The lowest BCUT2D eigenvalue weighted by Gasteiger charge is -2.41. The third kappa shape index (κ3) is 2.55. The molecule has 1 aromatic carbocycles. The van der Waals surface area contributed by atoms with Crippen molar-refractivity contribution in [2.45, 2.75) is 24.8 Å². The van der Waals surface area contributed by atoms with Gasteiger partial charge in [-0.1, -0.05) is 11.6 Å². The summed E-state index contributed by atoms with van der Waals surface area (Å²) in [6.07, 6.45) is 2.81. The number of rotatable bonds is 3. The lowest BCUT2D eigenvalue weighted by molar-refractivity contribution is 0.0854. The molecule has 1 aliphatic rings. The minimum Gasteiger partial charge on any atom is -0.345 e. The molecule has 1 aliphatic carbocycles. The van der Waals surface area contributed by atoms with Crippen molar-refractivity contribution in [3.05, 3.63) is 34.6 Å². The summed E-state index contributed by atoms with van der Waals surface area (Å²) in [7, 11) is 0. The molecule has 0 aliphatic heterocycles. The average Bonchev–Trinajstić information content (AvgIpc) is 2.23. The average molecular weight is 276 g/mol. The molecule has 5 heteroatoms. The Morgan fingerprint density at radius 1 is 1.47 bits per heavy atom. The second-order valence-electron chi connectivity index (χ2n) is 4.35. The van der Waals surface area contributed by atoms with Gasteiger partial charge in [0, 0.05) is 5.88 Å². The van der Waals surface area contributed by atoms with Crippen LogP contribution in [0.5, 0.6) is 0 Å². The van der Waals surface area contributed by atoms with E-state index in [2.05, 4.69) is 5.32 Å². The molecule has 17 heavy (non-hydrogen) atoms. The van der Waals surface area contributed by atoms with E-state index in [1.54, 1.807) is 0 Å². The molecule has 0 radical (unpaired) electrons. The zero-order valence-corrected chi connectivity index (χ0v) is 10.6. The van der Waals surface area contributed by atoms with Gasteiger partial charge in [-0.3, -0.25) is 4.79 Å². The Morgan fingerprint density at radius 2 is 2.18 bits per heavy atom. The lowest BCUT2D eigenvalue weighted by Crippen LogP contribution is -2.55. The van der Waals surface area contributed by atoms with Gasteiger partial charge < -0.3 is 5.32 Å². The molecule has 0 aromatic heterocycles. The molecule has 0 atom stereocenters. The van der Waals surface area contributed by atoms with Gasteiger partial charge in [-0.05, 0) is 37.5 Å². The fourth-order valence-corrected chi connectivity index (χ4v) is 2.46. The van der Waals surface area contributed by atoms with Crippen molar-refractivity contribution in [3.63, 3.8) is 0 Å². The zero-order chi connectivity index (χ0) is 12.5. The molecule has 0 unspecified atom stereocenters. The highest BCUT2D eigenvalue weighted by Crippen LogP contribution is 2.33. The minimum atomic E-state index is -0.456. The molecular formula is C12H12Cl2FNO. The van der Waals surface area contributed by atoms with Crippen molar-refractivity contribution in [1.82, 2.24) is 5.32 Å². The first-order chi connectivity index (χ1) is 8.06. The van der Waals surface area contributed by atoms with Crippen LogP contribution in [0.4, 0.5) is 4.39 Å². The molecule has 1 aromatic rings. The molecule has 0 bridgehead atoms. The standard InChI is InChI=1S/C12H12Cl2FNO/c13-7-12(4-1-5-12)16-11(17)9-3-2-8(15)6-10(9)14/h2-3,6H,1,4-5,7H2,(H,16,17). The monoisotopic (exact) mass is 275 g/mol. The maximum atomic E-state index is 12.9. The van der Waals surface area contributed by atoms with E-state index < -0.39 is 5.82 Å². The molecule has 92 valence electrons. The largest absolute Gasteiger partial charge is 0.345 e. The Kier molecular flexibility index (Phi) is 3.59. The topological polar surface area (TPSA) is 29.1 Å². The summed E-state index contributed by atoms with van der Waals surface area (Å²) in [5.74, 6) is -0.366. The Hall–Kier alpha value is -0.800. The van der Waals surface area contributed by atoms with Crippen molar-refractivity contribution in [2.24, 2.45) is 0 Å². The number of amides is 1. The van der Waals surface area contributed by atoms with Gasteiger partial charge in [0.2, 0.25) is 0 Å². The van der Waals surface area contributed by atoms with Crippen LogP contribution < -0.4 is 5.32 Å². The van der Waals surface area contributed by atoms with Crippen LogP contribution in [0, 0.1) is 5.82 Å². The first-order valence-electron chi connectivity index (χ1n) is 5.40. The highest BCUT2D eigenvalue weighted by atomic mass is 35.5. The molecule has 1 N–H and O–H groups in total. The third-order valence-corrected chi connectivity index (χ3v) is 3.95. The SMILES string of the molecule is O=C(NC1(CCl)CCC1)c1ccc(F)cc1Cl. The second-order valence-corrected chi connectivity index (χ2v) is 5.02. The molecule has 1 saturated carbocycles. The number of hydrogen-bond donors (Lipinski definition) is 1. The Balaban J connectivity index is 2.14. The van der Waals surface area contributed by atoms with Crippen LogP contribution in [-0.4, -0.2) is 17.3 Å². The van der Waals surface area contributed by atoms with Gasteiger partial charge in [0.05, 0.1) is 16.1 Å². The number of alkyl halides is 1. The summed E-state index contributed by atoms with van der Waals surface area (Å²) in [5, 5.41) is 3.00. The summed E-state index contributed by atoms with van der Waals surface area (Å²) in [5.41, 5.74) is -0.0273. The predicted octanol–water partition coefficient (Wildman–Crippen LogP) is 3.37. The number of carbonyl (C=O) groups excluding carboxylic acids is 1. The van der Waals surface area contributed by atoms with Gasteiger partial charge >= 0.3 is 0 Å². The van der Waals surface area contributed by atoms with Crippen molar-refractivity contribution < 1.29 is 9.18 Å². The highest BCUT2D eigenvalue weighted by molar-refractivity contribution is 6.33. The smallest absolute Gasteiger partial charge is 0.253 e. The Bertz CT molecular complexity index is 441. The van der Waals surface area contributed by atoms with Gasteiger partial charge in [-0.25, -0.2) is 4.39 Å². The molecule has 0 spiro atoms. The summed E-state index contributed by atoms with van der Waals surface area (Å²) in [4.78, 5) is 12.0. The van der Waals surface area contributed by atoms with Crippen LogP contribution in [-0.2, 0) is 0 Å². The van der Waals surface area contributed by atoms with E-state index in [1.165, 1.54) is 12.1 Å². The van der Waals surface area contributed by atoms with E-state index in [0.717, 1.165) is 25.3 Å². The maximum Gasteiger partial charge on any atom is 0.253 e. The van der Waals surface area contributed by atoms with Crippen LogP contribution in [0.1, 0.15) is 29.6 Å². The van der Waals surface area contributed by atoms with Gasteiger partial charge in [-0.2, -0.15) is 0 Å². The fourth-order valence-electron chi connectivity index (χ4n) is 1.88. The Labute approximate surface area is 109 Å².